The van der Waals surface area contributed by atoms with E-state index in [-0.39, 0.29) is 5.56 Å². The summed E-state index contributed by atoms with van der Waals surface area (Å²) in [7, 11) is 0. The van der Waals surface area contributed by atoms with Crippen molar-refractivity contribution in [1.82, 2.24) is 15.2 Å². The Morgan fingerprint density at radius 1 is 0.870 bits per heavy atom. The second-order valence-corrected chi connectivity index (χ2v) is 5.11. The van der Waals surface area contributed by atoms with Gasteiger partial charge in [0.2, 0.25) is 0 Å². The molecule has 0 saturated carbocycles. The number of aromatic amines is 2. The maximum absolute atomic E-state index is 11.7. The van der Waals surface area contributed by atoms with Crippen molar-refractivity contribution >= 4 is 10.9 Å². The first-order chi connectivity index (χ1) is 11.3. The maximum Gasteiger partial charge on any atom is 0.288 e. The molecule has 0 spiro atoms. The lowest BCUT2D eigenvalue weighted by molar-refractivity contribution is 0.483. The van der Waals surface area contributed by atoms with Gasteiger partial charge in [-0.25, -0.2) is 5.10 Å². The summed E-state index contributed by atoms with van der Waals surface area (Å²) >= 11 is 0. The molecule has 0 amide bonds. The predicted octanol–water partition coefficient (Wildman–Crippen LogP) is 3.71. The van der Waals surface area contributed by atoms with Crippen LogP contribution in [0.1, 0.15) is 0 Å². The number of ether oxygens (including phenoxy) is 1. The molecule has 0 unspecified atom stereocenters. The van der Waals surface area contributed by atoms with Gasteiger partial charge in [-0.15, -0.1) is 0 Å². The number of nitrogens with zero attached hydrogens (tertiary/aromatic N) is 1. The fourth-order valence-electron chi connectivity index (χ4n) is 2.50. The number of hydrogen-bond acceptors (Lipinski definition) is 3. The van der Waals surface area contributed by atoms with Gasteiger partial charge in [0, 0.05) is 17.1 Å². The van der Waals surface area contributed by atoms with Crippen molar-refractivity contribution < 1.29 is 4.74 Å². The van der Waals surface area contributed by atoms with E-state index in [4.69, 9.17) is 4.74 Å². The van der Waals surface area contributed by atoms with Gasteiger partial charge in [0.05, 0.1) is 0 Å². The normalized spacial score (nSPS) is 10.8. The first kappa shape index (κ1) is 13.3. The van der Waals surface area contributed by atoms with Crippen molar-refractivity contribution in [2.75, 3.05) is 0 Å². The van der Waals surface area contributed by atoms with Crippen LogP contribution >= 0.6 is 0 Å². The summed E-state index contributed by atoms with van der Waals surface area (Å²) < 4.78 is 5.78. The topological polar surface area (TPSA) is 70.8 Å². The summed E-state index contributed by atoms with van der Waals surface area (Å²) in [4.78, 5) is 14.6. The van der Waals surface area contributed by atoms with Gasteiger partial charge < -0.3 is 9.72 Å². The molecule has 23 heavy (non-hydrogen) atoms. The molecule has 5 nitrogen and oxygen atoms in total. The van der Waals surface area contributed by atoms with Crippen molar-refractivity contribution in [1.29, 1.82) is 0 Å². The van der Waals surface area contributed by atoms with Crippen LogP contribution < -0.4 is 10.3 Å². The minimum Gasteiger partial charge on any atom is -0.457 e. The van der Waals surface area contributed by atoms with Crippen molar-refractivity contribution in [3.8, 4) is 22.8 Å². The van der Waals surface area contributed by atoms with Crippen LogP contribution in [0.5, 0.6) is 11.5 Å². The third-order valence-corrected chi connectivity index (χ3v) is 3.61. The average Bonchev–Trinajstić information content (AvgIpc) is 3.08. The first-order valence-corrected chi connectivity index (χ1v) is 7.20. The molecule has 5 heteroatoms. The SMILES string of the molecule is O=c1[nH]nc(-c2ccc(Oc3ccccc3)cc2)c2cc[nH]c12. The Bertz CT molecular complexity index is 1000. The fraction of sp³-hybridized carbons (Fsp3) is 0. The van der Waals surface area contributed by atoms with Crippen LogP contribution in [0.25, 0.3) is 22.2 Å². The highest BCUT2D eigenvalue weighted by Gasteiger charge is 2.09. The molecule has 0 atom stereocenters. The summed E-state index contributed by atoms with van der Waals surface area (Å²) in [5.41, 5.74) is 1.94. The van der Waals surface area contributed by atoms with Crippen LogP contribution in [0.2, 0.25) is 0 Å². The zero-order valence-electron chi connectivity index (χ0n) is 12.1. The van der Waals surface area contributed by atoms with Crippen LogP contribution in [0.3, 0.4) is 0 Å². The largest absolute Gasteiger partial charge is 0.457 e. The molecule has 4 aromatic rings. The monoisotopic (exact) mass is 303 g/mol. The van der Waals surface area contributed by atoms with Gasteiger partial charge in [-0.05, 0) is 42.5 Å². The van der Waals surface area contributed by atoms with Crippen molar-refractivity contribution in [2.45, 2.75) is 0 Å². The number of rotatable bonds is 3. The van der Waals surface area contributed by atoms with Crippen molar-refractivity contribution in [3.05, 3.63) is 77.2 Å². The molecule has 2 heterocycles. The van der Waals surface area contributed by atoms with Gasteiger partial charge in [0.15, 0.2) is 0 Å². The lowest BCUT2D eigenvalue weighted by atomic mass is 10.1. The van der Waals surface area contributed by atoms with E-state index in [2.05, 4.69) is 15.2 Å². The molecule has 0 saturated heterocycles. The molecule has 2 N–H and O–H groups in total. The lowest BCUT2D eigenvalue weighted by Gasteiger charge is -2.07. The van der Waals surface area contributed by atoms with Crippen LogP contribution in [-0.4, -0.2) is 15.2 Å². The van der Waals surface area contributed by atoms with Gasteiger partial charge >= 0.3 is 0 Å². The van der Waals surface area contributed by atoms with Crippen LogP contribution in [0.15, 0.2) is 71.7 Å². The molecule has 112 valence electrons. The molecule has 0 radical (unpaired) electrons. The zero-order valence-corrected chi connectivity index (χ0v) is 12.1. The zero-order chi connectivity index (χ0) is 15.6. The predicted molar refractivity (Wildman–Crippen MR) is 88.7 cm³/mol. The molecule has 0 fully saturated rings. The maximum atomic E-state index is 11.7. The second kappa shape index (κ2) is 5.46. The quantitative estimate of drug-likeness (QED) is 0.606. The molecule has 2 aromatic heterocycles. The smallest absolute Gasteiger partial charge is 0.288 e. The Balaban J connectivity index is 1.69. The van der Waals surface area contributed by atoms with E-state index < -0.39 is 0 Å². The Morgan fingerprint density at radius 3 is 2.39 bits per heavy atom. The fourth-order valence-corrected chi connectivity index (χ4v) is 2.50. The summed E-state index contributed by atoms with van der Waals surface area (Å²) in [5, 5.41) is 7.47. The molecule has 2 aromatic carbocycles. The molecule has 0 aliphatic carbocycles. The number of hydrogen-bond donors (Lipinski definition) is 2. The van der Waals surface area contributed by atoms with E-state index in [0.29, 0.717) is 5.52 Å². The van der Waals surface area contributed by atoms with Gasteiger partial charge in [-0.1, -0.05) is 18.2 Å². The van der Waals surface area contributed by atoms with E-state index in [1.165, 1.54) is 0 Å². The molecule has 4 rings (SSSR count). The van der Waals surface area contributed by atoms with Crippen LogP contribution in [-0.2, 0) is 0 Å². The first-order valence-electron chi connectivity index (χ1n) is 7.20. The minimum absolute atomic E-state index is 0.224. The second-order valence-electron chi connectivity index (χ2n) is 5.11. The Morgan fingerprint density at radius 2 is 1.61 bits per heavy atom. The number of nitrogens with one attached hydrogen (secondary N) is 2. The Hall–Kier alpha value is -3.34. The molecule has 0 aliphatic heterocycles. The minimum atomic E-state index is -0.224. The van der Waals surface area contributed by atoms with E-state index in [1.54, 1.807) is 6.20 Å². The summed E-state index contributed by atoms with van der Waals surface area (Å²) in [6.07, 6.45) is 1.73. The van der Waals surface area contributed by atoms with Crippen molar-refractivity contribution in [3.63, 3.8) is 0 Å². The standard InChI is InChI=1S/C18H13N3O2/c22-18-17-15(10-11-19-17)16(20-21-18)12-6-8-14(9-7-12)23-13-4-2-1-3-5-13/h1-11,19H,(H,21,22). The highest BCUT2D eigenvalue weighted by atomic mass is 16.5. The van der Waals surface area contributed by atoms with Gasteiger partial charge in [-0.2, -0.15) is 5.10 Å². The van der Waals surface area contributed by atoms with Gasteiger partial charge in [0.1, 0.15) is 22.7 Å². The van der Waals surface area contributed by atoms with Gasteiger partial charge in [-0.3, -0.25) is 4.79 Å². The molecular weight excluding hydrogens is 290 g/mol. The Labute approximate surface area is 131 Å². The van der Waals surface area contributed by atoms with Crippen LogP contribution in [0, 0.1) is 0 Å². The van der Waals surface area contributed by atoms with Crippen LogP contribution in [0.4, 0.5) is 0 Å². The van der Waals surface area contributed by atoms with E-state index in [1.807, 2.05) is 60.7 Å². The highest BCUT2D eigenvalue weighted by molar-refractivity contribution is 5.91. The number of benzene rings is 2. The lowest BCUT2D eigenvalue weighted by Crippen LogP contribution is -2.09. The third kappa shape index (κ3) is 2.48. The molecule has 0 bridgehead atoms. The van der Waals surface area contributed by atoms with E-state index in [9.17, 15) is 4.79 Å². The average molecular weight is 303 g/mol. The van der Waals surface area contributed by atoms with Gasteiger partial charge in [0.25, 0.3) is 5.56 Å². The number of aromatic nitrogens is 3. The van der Waals surface area contributed by atoms with E-state index in [0.717, 1.165) is 28.1 Å². The van der Waals surface area contributed by atoms with Crippen molar-refractivity contribution in [2.24, 2.45) is 0 Å². The van der Waals surface area contributed by atoms with E-state index >= 15 is 0 Å². The summed E-state index contributed by atoms with van der Waals surface area (Å²) in [6.45, 7) is 0. The number of fused-ring (bicyclic) bond motifs is 1. The Kier molecular flexibility index (Phi) is 3.16. The molecular formula is C18H13N3O2. The summed E-state index contributed by atoms with van der Waals surface area (Å²) in [6, 6.07) is 19.1. The number of para-hydroxylation sites is 1. The summed E-state index contributed by atoms with van der Waals surface area (Å²) in [5.74, 6) is 1.53. The highest BCUT2D eigenvalue weighted by Crippen LogP contribution is 2.27. The number of H-pyrrole nitrogens is 2. The molecule has 0 aliphatic rings. The third-order valence-electron chi connectivity index (χ3n) is 3.61.